The standard InChI is InChI=1S/C19H27ClN2O3S/c1-14-7-6-8-15(2)22(14)19(23)16-9-10-17(20)18(13-16)26(24,25)21-11-4-3-5-12-21/h9-10,13-15H,3-8,11-12H2,1-2H3. The summed E-state index contributed by atoms with van der Waals surface area (Å²) in [6, 6.07) is 4.94. The predicted molar refractivity (Wildman–Crippen MR) is 103 cm³/mol. The highest BCUT2D eigenvalue weighted by atomic mass is 35.5. The van der Waals surface area contributed by atoms with Gasteiger partial charge in [0.1, 0.15) is 4.90 Å². The van der Waals surface area contributed by atoms with Crippen LogP contribution in [0.2, 0.25) is 5.02 Å². The lowest BCUT2D eigenvalue weighted by Crippen LogP contribution is -2.47. The third-order valence-corrected chi connectivity index (χ3v) is 7.92. The summed E-state index contributed by atoms with van der Waals surface area (Å²) in [6.07, 6.45) is 5.83. The van der Waals surface area contributed by atoms with Gasteiger partial charge in [0.15, 0.2) is 0 Å². The summed E-state index contributed by atoms with van der Waals surface area (Å²) in [7, 11) is -3.68. The fourth-order valence-corrected chi connectivity index (χ4v) is 6.07. The molecule has 0 bridgehead atoms. The van der Waals surface area contributed by atoms with Gasteiger partial charge in [-0.1, -0.05) is 18.0 Å². The number of piperidine rings is 2. The summed E-state index contributed by atoms with van der Waals surface area (Å²) in [5.41, 5.74) is 0.394. The van der Waals surface area contributed by atoms with Crippen molar-refractivity contribution in [1.82, 2.24) is 9.21 Å². The first-order chi connectivity index (χ1) is 12.3. The Kier molecular flexibility index (Phi) is 5.94. The summed E-state index contributed by atoms with van der Waals surface area (Å²) >= 11 is 6.22. The van der Waals surface area contributed by atoms with Gasteiger partial charge >= 0.3 is 0 Å². The molecule has 1 amide bonds. The molecule has 2 fully saturated rings. The zero-order chi connectivity index (χ0) is 18.9. The molecule has 2 aliphatic heterocycles. The molecule has 0 N–H and O–H groups in total. The van der Waals surface area contributed by atoms with Crippen LogP contribution in [0.4, 0.5) is 0 Å². The van der Waals surface area contributed by atoms with Crippen molar-refractivity contribution in [3.8, 4) is 0 Å². The van der Waals surface area contributed by atoms with Crippen molar-refractivity contribution in [1.29, 1.82) is 0 Å². The Balaban J connectivity index is 1.93. The van der Waals surface area contributed by atoms with Crippen LogP contribution in [0.3, 0.4) is 0 Å². The highest BCUT2D eigenvalue weighted by molar-refractivity contribution is 7.89. The van der Waals surface area contributed by atoms with Gasteiger partial charge in [-0.25, -0.2) is 8.42 Å². The lowest BCUT2D eigenvalue weighted by atomic mass is 9.96. The summed E-state index contributed by atoms with van der Waals surface area (Å²) in [4.78, 5) is 15.0. The maximum Gasteiger partial charge on any atom is 0.254 e. The number of rotatable bonds is 3. The zero-order valence-electron chi connectivity index (χ0n) is 15.4. The van der Waals surface area contributed by atoms with Crippen molar-refractivity contribution < 1.29 is 13.2 Å². The molecule has 7 heteroatoms. The topological polar surface area (TPSA) is 57.7 Å². The monoisotopic (exact) mass is 398 g/mol. The molecule has 0 radical (unpaired) electrons. The van der Waals surface area contributed by atoms with E-state index in [4.69, 9.17) is 11.6 Å². The third kappa shape index (κ3) is 3.78. The Morgan fingerprint density at radius 2 is 1.65 bits per heavy atom. The van der Waals surface area contributed by atoms with Crippen LogP contribution in [0.25, 0.3) is 0 Å². The molecule has 0 saturated carbocycles. The number of carbonyl (C=O) groups excluding carboxylic acids is 1. The second kappa shape index (κ2) is 7.87. The van der Waals surface area contributed by atoms with Gasteiger partial charge in [-0.3, -0.25) is 4.79 Å². The minimum atomic E-state index is -3.68. The molecule has 2 unspecified atom stereocenters. The molecule has 1 aromatic rings. The van der Waals surface area contributed by atoms with E-state index >= 15 is 0 Å². The number of sulfonamides is 1. The van der Waals surface area contributed by atoms with Crippen molar-refractivity contribution >= 4 is 27.5 Å². The van der Waals surface area contributed by atoms with Crippen LogP contribution in [0.1, 0.15) is 62.7 Å². The molecule has 2 saturated heterocycles. The van der Waals surface area contributed by atoms with Crippen molar-refractivity contribution in [2.45, 2.75) is 69.4 Å². The van der Waals surface area contributed by atoms with E-state index in [-0.39, 0.29) is 27.9 Å². The van der Waals surface area contributed by atoms with Crippen molar-refractivity contribution in [3.63, 3.8) is 0 Å². The molecule has 2 aliphatic rings. The van der Waals surface area contributed by atoms with Gasteiger partial charge in [-0.2, -0.15) is 4.31 Å². The molecule has 3 rings (SSSR count). The Morgan fingerprint density at radius 3 is 2.27 bits per heavy atom. The molecule has 2 atom stereocenters. The number of hydrogen-bond donors (Lipinski definition) is 0. The molecule has 0 aromatic heterocycles. The van der Waals surface area contributed by atoms with Crippen molar-refractivity contribution in [2.75, 3.05) is 13.1 Å². The first kappa shape index (κ1) is 19.6. The molecule has 1 aromatic carbocycles. The molecule has 5 nitrogen and oxygen atoms in total. The molecule has 144 valence electrons. The van der Waals surface area contributed by atoms with Crippen LogP contribution in [-0.2, 0) is 10.0 Å². The van der Waals surface area contributed by atoms with Gasteiger partial charge in [0.2, 0.25) is 10.0 Å². The molecular weight excluding hydrogens is 372 g/mol. The normalized spacial score (nSPS) is 25.3. The summed E-state index contributed by atoms with van der Waals surface area (Å²) in [5, 5.41) is 0.173. The quantitative estimate of drug-likeness (QED) is 0.775. The lowest BCUT2D eigenvalue weighted by Gasteiger charge is -2.39. The third-order valence-electron chi connectivity index (χ3n) is 5.54. The van der Waals surface area contributed by atoms with E-state index in [1.807, 2.05) is 4.90 Å². The number of hydrogen-bond acceptors (Lipinski definition) is 3. The first-order valence-corrected chi connectivity index (χ1v) is 11.3. The van der Waals surface area contributed by atoms with Gasteiger partial charge in [-0.05, 0) is 64.2 Å². The van der Waals surface area contributed by atoms with E-state index < -0.39 is 10.0 Å². The average molecular weight is 399 g/mol. The van der Waals surface area contributed by atoms with E-state index in [0.717, 1.165) is 38.5 Å². The van der Waals surface area contributed by atoms with Gasteiger partial charge in [0.05, 0.1) is 5.02 Å². The summed E-state index contributed by atoms with van der Waals surface area (Å²) < 4.78 is 27.5. The minimum Gasteiger partial charge on any atom is -0.333 e. The molecule has 0 aliphatic carbocycles. The van der Waals surface area contributed by atoms with Crippen LogP contribution in [0.15, 0.2) is 23.1 Å². The summed E-state index contributed by atoms with van der Waals surface area (Å²) in [5.74, 6) is -0.114. The Bertz CT molecular complexity index is 765. The minimum absolute atomic E-state index is 0.0456. The maximum absolute atomic E-state index is 13.1. The smallest absolute Gasteiger partial charge is 0.254 e. The highest BCUT2D eigenvalue weighted by Crippen LogP contribution is 2.30. The van der Waals surface area contributed by atoms with Crippen molar-refractivity contribution in [3.05, 3.63) is 28.8 Å². The number of amides is 1. The SMILES string of the molecule is CC1CCCC(C)N1C(=O)c1ccc(Cl)c(S(=O)(=O)N2CCCCC2)c1. The number of halogens is 1. The second-order valence-corrected chi connectivity index (χ2v) is 9.76. The van der Waals surface area contributed by atoms with E-state index in [1.54, 1.807) is 6.07 Å². The van der Waals surface area contributed by atoms with Crippen LogP contribution in [0.5, 0.6) is 0 Å². The van der Waals surface area contributed by atoms with E-state index in [0.29, 0.717) is 18.7 Å². The number of benzene rings is 1. The zero-order valence-corrected chi connectivity index (χ0v) is 17.0. The Hall–Kier alpha value is -1.11. The number of carbonyl (C=O) groups is 1. The lowest BCUT2D eigenvalue weighted by molar-refractivity contribution is 0.0510. The second-order valence-electron chi connectivity index (χ2n) is 7.45. The van der Waals surface area contributed by atoms with Crippen LogP contribution in [0, 0.1) is 0 Å². The molecule has 0 spiro atoms. The predicted octanol–water partition coefficient (Wildman–Crippen LogP) is 3.92. The fourth-order valence-electron chi connectivity index (χ4n) is 4.05. The molecular formula is C19H27ClN2O3S. The Morgan fingerprint density at radius 1 is 1.04 bits per heavy atom. The van der Waals surface area contributed by atoms with Crippen LogP contribution in [-0.4, -0.2) is 48.7 Å². The van der Waals surface area contributed by atoms with Gasteiger partial charge < -0.3 is 4.90 Å². The van der Waals surface area contributed by atoms with E-state index in [1.165, 1.54) is 16.4 Å². The van der Waals surface area contributed by atoms with Crippen LogP contribution >= 0.6 is 11.6 Å². The van der Waals surface area contributed by atoms with Crippen LogP contribution < -0.4 is 0 Å². The fraction of sp³-hybridized carbons (Fsp3) is 0.632. The van der Waals surface area contributed by atoms with E-state index in [9.17, 15) is 13.2 Å². The summed E-state index contributed by atoms with van der Waals surface area (Å²) in [6.45, 7) is 5.12. The first-order valence-electron chi connectivity index (χ1n) is 9.44. The molecule has 2 heterocycles. The van der Waals surface area contributed by atoms with E-state index in [2.05, 4.69) is 13.8 Å². The van der Waals surface area contributed by atoms with Crippen molar-refractivity contribution in [2.24, 2.45) is 0 Å². The van der Waals surface area contributed by atoms with Gasteiger partial charge in [-0.15, -0.1) is 0 Å². The number of likely N-dealkylation sites (tertiary alicyclic amines) is 1. The Labute approximate surface area is 161 Å². The van der Waals surface area contributed by atoms with Gasteiger partial charge in [0, 0.05) is 30.7 Å². The number of nitrogens with zero attached hydrogens (tertiary/aromatic N) is 2. The highest BCUT2D eigenvalue weighted by Gasteiger charge is 2.32. The van der Waals surface area contributed by atoms with Gasteiger partial charge in [0.25, 0.3) is 5.91 Å². The average Bonchev–Trinajstić information content (AvgIpc) is 2.62. The maximum atomic E-state index is 13.1. The molecule has 26 heavy (non-hydrogen) atoms. The largest absolute Gasteiger partial charge is 0.333 e.